The van der Waals surface area contributed by atoms with Crippen LogP contribution in [0.25, 0.3) is 0 Å². The Kier molecular flexibility index (Phi) is 6.22. The Morgan fingerprint density at radius 3 is 2.70 bits per heavy atom. The number of amides is 2. The van der Waals surface area contributed by atoms with Crippen LogP contribution in [-0.2, 0) is 6.42 Å². The van der Waals surface area contributed by atoms with Crippen molar-refractivity contribution in [2.45, 2.75) is 33.3 Å². The van der Waals surface area contributed by atoms with Gasteiger partial charge in [0.15, 0.2) is 17.6 Å². The van der Waals surface area contributed by atoms with Crippen LogP contribution in [0.4, 0.5) is 4.79 Å². The highest BCUT2D eigenvalue weighted by molar-refractivity contribution is 5.74. The summed E-state index contributed by atoms with van der Waals surface area (Å²) in [5.41, 5.74) is 3.79. The lowest BCUT2D eigenvalue weighted by Crippen LogP contribution is -2.47. The molecule has 0 spiro atoms. The second-order valence-corrected chi connectivity index (χ2v) is 6.95. The summed E-state index contributed by atoms with van der Waals surface area (Å²) in [4.78, 5) is 14.3. The summed E-state index contributed by atoms with van der Waals surface area (Å²) >= 11 is 0. The van der Waals surface area contributed by atoms with Gasteiger partial charge in [-0.05, 0) is 50.5 Å². The van der Waals surface area contributed by atoms with Crippen LogP contribution in [0.2, 0.25) is 0 Å². The zero-order valence-electron chi connectivity index (χ0n) is 16.3. The molecule has 2 aromatic rings. The summed E-state index contributed by atoms with van der Waals surface area (Å²) in [7, 11) is 0. The molecule has 5 nitrogen and oxygen atoms in total. The van der Waals surface area contributed by atoms with Crippen LogP contribution in [0, 0.1) is 13.8 Å². The fourth-order valence-electron chi connectivity index (χ4n) is 3.30. The number of nitrogens with one attached hydrogen (secondary N) is 1. The summed E-state index contributed by atoms with van der Waals surface area (Å²) in [5.74, 6) is 1.50. The zero-order chi connectivity index (χ0) is 19.2. The minimum Gasteiger partial charge on any atom is -0.486 e. The van der Waals surface area contributed by atoms with Crippen molar-refractivity contribution in [3.05, 3.63) is 59.2 Å². The molecule has 2 aromatic carbocycles. The highest BCUT2D eigenvalue weighted by Gasteiger charge is 2.24. The predicted molar refractivity (Wildman–Crippen MR) is 107 cm³/mol. The fourth-order valence-corrected chi connectivity index (χ4v) is 3.30. The second kappa shape index (κ2) is 8.80. The van der Waals surface area contributed by atoms with Gasteiger partial charge in [0.2, 0.25) is 0 Å². The molecule has 0 fully saturated rings. The van der Waals surface area contributed by atoms with Crippen LogP contribution in [0.5, 0.6) is 11.5 Å². The quantitative estimate of drug-likeness (QED) is 0.845. The summed E-state index contributed by atoms with van der Waals surface area (Å²) in [6, 6.07) is 14.0. The molecule has 1 atom stereocenters. The number of likely N-dealkylation sites (N-methyl/N-ethyl adjacent to an activating group) is 1. The van der Waals surface area contributed by atoms with Crippen molar-refractivity contribution in [2.24, 2.45) is 0 Å². The summed E-state index contributed by atoms with van der Waals surface area (Å²) in [6.07, 6.45) is 0.663. The van der Waals surface area contributed by atoms with Gasteiger partial charge >= 0.3 is 6.03 Å². The van der Waals surface area contributed by atoms with E-state index in [2.05, 4.69) is 37.4 Å². The van der Waals surface area contributed by atoms with Gasteiger partial charge in [0.05, 0.1) is 6.54 Å². The number of urea groups is 1. The molecule has 1 aliphatic rings. The second-order valence-electron chi connectivity index (χ2n) is 6.95. The van der Waals surface area contributed by atoms with E-state index in [0.717, 1.165) is 17.9 Å². The number of para-hydroxylation sites is 2. The van der Waals surface area contributed by atoms with Gasteiger partial charge in [-0.25, -0.2) is 4.79 Å². The Labute approximate surface area is 161 Å². The number of carbonyl (C=O) groups excluding carboxylic acids is 1. The first kappa shape index (κ1) is 19.1. The Balaban J connectivity index is 1.49. The molecule has 0 aromatic heterocycles. The highest BCUT2D eigenvalue weighted by Crippen LogP contribution is 2.31. The minimum atomic E-state index is -0.162. The van der Waals surface area contributed by atoms with Gasteiger partial charge in [-0.2, -0.15) is 0 Å². The molecule has 0 bridgehead atoms. The Morgan fingerprint density at radius 1 is 1.19 bits per heavy atom. The number of ether oxygens (including phenoxy) is 2. The van der Waals surface area contributed by atoms with Gasteiger partial charge < -0.3 is 19.7 Å². The van der Waals surface area contributed by atoms with Gasteiger partial charge in [-0.3, -0.25) is 0 Å². The molecule has 1 aliphatic heterocycles. The minimum absolute atomic E-state index is 0.0651. The molecule has 3 rings (SSSR count). The van der Waals surface area contributed by atoms with E-state index in [1.54, 1.807) is 4.90 Å². The number of benzene rings is 2. The maximum Gasteiger partial charge on any atom is 0.317 e. The SMILES string of the molecule is CCN(CC1COc2ccccc2O1)C(=O)NCCc1ccc(C)cc1C. The Bertz CT molecular complexity index is 791. The lowest BCUT2D eigenvalue weighted by atomic mass is 10.0. The van der Waals surface area contributed by atoms with E-state index < -0.39 is 0 Å². The van der Waals surface area contributed by atoms with Gasteiger partial charge in [-0.15, -0.1) is 0 Å². The van der Waals surface area contributed by atoms with Crippen molar-refractivity contribution >= 4 is 6.03 Å². The molecule has 1 N–H and O–H groups in total. The van der Waals surface area contributed by atoms with Gasteiger partial charge in [0.25, 0.3) is 0 Å². The largest absolute Gasteiger partial charge is 0.486 e. The summed E-state index contributed by atoms with van der Waals surface area (Å²) in [5, 5.41) is 3.02. The topological polar surface area (TPSA) is 50.8 Å². The number of carbonyl (C=O) groups is 1. The first-order valence-corrected chi connectivity index (χ1v) is 9.54. The predicted octanol–water partition coefficient (Wildman–Crippen LogP) is 3.72. The Morgan fingerprint density at radius 2 is 1.96 bits per heavy atom. The number of nitrogens with zero attached hydrogens (tertiary/aromatic N) is 1. The van der Waals surface area contributed by atoms with Gasteiger partial charge in [-0.1, -0.05) is 35.9 Å². The zero-order valence-corrected chi connectivity index (χ0v) is 16.3. The van der Waals surface area contributed by atoms with Crippen LogP contribution in [-0.4, -0.2) is 43.3 Å². The standard InChI is InChI=1S/C22H28N2O3/c1-4-24(14-19-15-26-20-7-5-6-8-21(20)27-19)22(25)23-12-11-18-10-9-16(2)13-17(18)3/h5-10,13,19H,4,11-12,14-15H2,1-3H3,(H,23,25). The monoisotopic (exact) mass is 368 g/mol. The molecule has 144 valence electrons. The third-order valence-corrected chi connectivity index (χ3v) is 4.83. The number of fused-ring (bicyclic) bond motifs is 1. The maximum absolute atomic E-state index is 12.5. The van der Waals surface area contributed by atoms with Crippen LogP contribution >= 0.6 is 0 Å². The van der Waals surface area contributed by atoms with Crippen molar-refractivity contribution in [1.29, 1.82) is 0 Å². The average Bonchev–Trinajstić information content (AvgIpc) is 2.67. The number of rotatable bonds is 6. The van der Waals surface area contributed by atoms with Crippen molar-refractivity contribution in [2.75, 3.05) is 26.2 Å². The van der Waals surface area contributed by atoms with Crippen molar-refractivity contribution in [3.8, 4) is 11.5 Å². The van der Waals surface area contributed by atoms with E-state index in [1.807, 2.05) is 31.2 Å². The van der Waals surface area contributed by atoms with Crippen LogP contribution < -0.4 is 14.8 Å². The van der Waals surface area contributed by atoms with Crippen LogP contribution in [0.3, 0.4) is 0 Å². The molecule has 2 amide bonds. The maximum atomic E-state index is 12.5. The van der Waals surface area contributed by atoms with Crippen molar-refractivity contribution < 1.29 is 14.3 Å². The summed E-state index contributed by atoms with van der Waals surface area (Å²) in [6.45, 7) is 8.36. The van der Waals surface area contributed by atoms with E-state index in [-0.39, 0.29) is 12.1 Å². The molecular weight excluding hydrogens is 340 g/mol. The van der Waals surface area contributed by atoms with E-state index in [4.69, 9.17) is 9.47 Å². The van der Waals surface area contributed by atoms with E-state index in [9.17, 15) is 4.79 Å². The fraction of sp³-hybridized carbons (Fsp3) is 0.409. The lowest BCUT2D eigenvalue weighted by molar-refractivity contribution is 0.0676. The van der Waals surface area contributed by atoms with Crippen LogP contribution in [0.1, 0.15) is 23.6 Å². The normalized spacial score (nSPS) is 15.3. The van der Waals surface area contributed by atoms with E-state index >= 15 is 0 Å². The molecule has 1 heterocycles. The number of hydrogen-bond donors (Lipinski definition) is 1. The molecular formula is C22H28N2O3. The molecule has 1 unspecified atom stereocenters. The third kappa shape index (κ3) is 4.94. The molecule has 5 heteroatoms. The first-order valence-electron chi connectivity index (χ1n) is 9.54. The molecule has 0 saturated carbocycles. The highest BCUT2D eigenvalue weighted by atomic mass is 16.6. The molecule has 0 aliphatic carbocycles. The third-order valence-electron chi connectivity index (χ3n) is 4.83. The number of hydrogen-bond acceptors (Lipinski definition) is 3. The number of aryl methyl sites for hydroxylation is 2. The van der Waals surface area contributed by atoms with Gasteiger partial charge in [0.1, 0.15) is 6.61 Å². The lowest BCUT2D eigenvalue weighted by Gasteiger charge is -2.31. The van der Waals surface area contributed by atoms with E-state index in [1.165, 1.54) is 16.7 Å². The summed E-state index contributed by atoms with van der Waals surface area (Å²) < 4.78 is 11.7. The average molecular weight is 368 g/mol. The Hall–Kier alpha value is -2.69. The molecule has 27 heavy (non-hydrogen) atoms. The first-order chi connectivity index (χ1) is 13.1. The molecule has 0 radical (unpaired) electrons. The van der Waals surface area contributed by atoms with Gasteiger partial charge in [0, 0.05) is 13.1 Å². The van der Waals surface area contributed by atoms with Crippen molar-refractivity contribution in [3.63, 3.8) is 0 Å². The molecule has 0 saturated heterocycles. The van der Waals surface area contributed by atoms with Crippen LogP contribution in [0.15, 0.2) is 42.5 Å². The van der Waals surface area contributed by atoms with Crippen molar-refractivity contribution in [1.82, 2.24) is 10.2 Å². The van der Waals surface area contributed by atoms with E-state index in [0.29, 0.717) is 26.2 Å². The smallest absolute Gasteiger partial charge is 0.317 e.